The number of nitrogens with zero attached hydrogens (tertiary/aromatic N) is 2. The lowest BCUT2D eigenvalue weighted by atomic mass is 10.0. The molecule has 3 rings (SSSR count). The zero-order valence-electron chi connectivity index (χ0n) is 18.3. The maximum absolute atomic E-state index is 13.6. The Morgan fingerprint density at radius 1 is 1.06 bits per heavy atom. The molecule has 1 heterocycles. The molecule has 11 heteroatoms. The predicted molar refractivity (Wildman–Crippen MR) is 112 cm³/mol. The van der Waals surface area contributed by atoms with E-state index in [9.17, 15) is 31.5 Å². The molecular weight excluding hydrogens is 461 g/mol. The topological polar surface area (TPSA) is 73.2 Å². The summed E-state index contributed by atoms with van der Waals surface area (Å²) in [7, 11) is 1.14. The highest BCUT2D eigenvalue weighted by atomic mass is 19.4. The number of nitrogens with one attached hydrogen (secondary N) is 1. The summed E-state index contributed by atoms with van der Waals surface area (Å²) in [6, 6.07) is 10.1. The summed E-state index contributed by atoms with van der Waals surface area (Å²) in [5, 5.41) is 5.85. The summed E-state index contributed by atoms with van der Waals surface area (Å²) in [4.78, 5) is 24.4. The number of carbonyl (C=O) groups excluding carboxylic acids is 2. The number of Topliss-reactive ketones (excluding diaryl/α,β-unsaturated/α-hetero) is 1. The number of halogens is 5. The monoisotopic (exact) mass is 481 g/mol. The van der Waals surface area contributed by atoms with Crippen LogP contribution in [0.4, 0.5) is 22.0 Å². The van der Waals surface area contributed by atoms with Crippen LogP contribution in [0.3, 0.4) is 0 Å². The van der Waals surface area contributed by atoms with Crippen LogP contribution in [0.25, 0.3) is 0 Å². The highest BCUT2D eigenvalue weighted by Crippen LogP contribution is 2.37. The van der Waals surface area contributed by atoms with Gasteiger partial charge in [-0.25, -0.2) is 13.5 Å². The highest BCUT2D eigenvalue weighted by Gasteiger charge is 2.42. The van der Waals surface area contributed by atoms with Gasteiger partial charge in [0.15, 0.2) is 11.5 Å². The first kappa shape index (κ1) is 24.9. The number of ether oxygens (including phenoxy) is 1. The second kappa shape index (κ2) is 9.62. The van der Waals surface area contributed by atoms with Crippen LogP contribution in [0, 0.1) is 0 Å². The molecule has 3 aromatic rings. The van der Waals surface area contributed by atoms with Crippen molar-refractivity contribution in [2.75, 3.05) is 0 Å². The average molecular weight is 481 g/mol. The highest BCUT2D eigenvalue weighted by molar-refractivity contribution is 5.98. The number of carbonyl (C=O) groups is 2. The van der Waals surface area contributed by atoms with Crippen molar-refractivity contribution < 1.29 is 36.3 Å². The van der Waals surface area contributed by atoms with Crippen LogP contribution in [0.1, 0.15) is 63.9 Å². The summed E-state index contributed by atoms with van der Waals surface area (Å²) in [6.45, 7) is 2.94. The molecule has 0 bridgehead atoms. The molecule has 1 N–H and O–H groups in total. The largest absolute Gasteiger partial charge is 0.438 e. The van der Waals surface area contributed by atoms with Gasteiger partial charge in [-0.3, -0.25) is 9.59 Å². The molecule has 0 saturated carbocycles. The Morgan fingerprint density at radius 2 is 1.71 bits per heavy atom. The molecule has 0 radical (unpaired) electrons. The van der Waals surface area contributed by atoms with Gasteiger partial charge in [0.1, 0.15) is 11.3 Å². The molecule has 1 amide bonds. The number of ketones is 1. The third kappa shape index (κ3) is 5.41. The Bertz CT molecular complexity index is 1200. The number of benzene rings is 2. The van der Waals surface area contributed by atoms with Crippen LogP contribution in [-0.4, -0.2) is 21.5 Å². The molecule has 0 aliphatic heterocycles. The minimum absolute atomic E-state index is 0.161. The van der Waals surface area contributed by atoms with Crippen LogP contribution < -0.4 is 10.1 Å². The molecule has 0 unspecified atom stereocenters. The van der Waals surface area contributed by atoms with E-state index in [2.05, 4.69) is 10.4 Å². The normalized spacial score (nSPS) is 12.5. The Hall–Kier alpha value is -3.76. The van der Waals surface area contributed by atoms with Gasteiger partial charge in [0.25, 0.3) is 12.3 Å². The van der Waals surface area contributed by atoms with Crippen LogP contribution >= 0.6 is 0 Å². The molecule has 180 valence electrons. The van der Waals surface area contributed by atoms with Gasteiger partial charge in [0.05, 0.1) is 6.04 Å². The second-order valence-electron chi connectivity index (χ2n) is 7.50. The first-order valence-electron chi connectivity index (χ1n) is 10.0. The summed E-state index contributed by atoms with van der Waals surface area (Å²) >= 11 is 0. The lowest BCUT2D eigenvalue weighted by molar-refractivity contribution is -0.141. The Kier molecular flexibility index (Phi) is 7.04. The molecule has 0 aliphatic rings. The maximum atomic E-state index is 13.6. The van der Waals surface area contributed by atoms with Crippen LogP contribution in [0.5, 0.6) is 11.6 Å². The summed E-state index contributed by atoms with van der Waals surface area (Å²) in [6.07, 6.45) is -7.80. The van der Waals surface area contributed by atoms with E-state index in [1.807, 2.05) is 0 Å². The molecule has 1 aromatic heterocycles. The first-order valence-corrected chi connectivity index (χ1v) is 10.0. The predicted octanol–water partition coefficient (Wildman–Crippen LogP) is 5.86. The molecule has 6 nitrogen and oxygen atoms in total. The van der Waals surface area contributed by atoms with Gasteiger partial charge in [-0.1, -0.05) is 36.4 Å². The zero-order valence-corrected chi connectivity index (χ0v) is 18.3. The number of aromatic nitrogens is 2. The van der Waals surface area contributed by atoms with E-state index >= 15 is 0 Å². The molecule has 0 fully saturated rings. The third-order valence-corrected chi connectivity index (χ3v) is 4.98. The van der Waals surface area contributed by atoms with Crippen molar-refractivity contribution in [2.24, 2.45) is 7.05 Å². The minimum atomic E-state index is -4.98. The number of hydrogen-bond donors (Lipinski definition) is 1. The fraction of sp³-hybridized carbons (Fsp3) is 0.261. The third-order valence-electron chi connectivity index (χ3n) is 4.98. The fourth-order valence-electron chi connectivity index (χ4n) is 3.21. The lowest BCUT2D eigenvalue weighted by Gasteiger charge is -2.16. The average Bonchev–Trinajstić information content (AvgIpc) is 3.10. The van der Waals surface area contributed by atoms with Crippen LogP contribution in [-0.2, 0) is 13.2 Å². The molecule has 0 saturated heterocycles. The van der Waals surface area contributed by atoms with Gasteiger partial charge in [0.2, 0.25) is 5.88 Å². The standard InChI is InChI=1S/C23H20F5N3O3/c1-12(14-7-9-15(10-8-14)13(2)32)29-21(33)18-19(23(26,27)28)30-31(3)22(18)34-17-6-4-5-16(11-17)20(24)25/h4-12,20H,1-3H3,(H,29,33)/t12-/m0/s1. The van der Waals surface area contributed by atoms with E-state index in [1.165, 1.54) is 31.2 Å². The van der Waals surface area contributed by atoms with Gasteiger partial charge in [-0.15, -0.1) is 0 Å². The zero-order chi connectivity index (χ0) is 25.2. The van der Waals surface area contributed by atoms with E-state index in [4.69, 9.17) is 4.74 Å². The van der Waals surface area contributed by atoms with Crippen molar-refractivity contribution in [1.29, 1.82) is 0 Å². The van der Waals surface area contributed by atoms with Gasteiger partial charge >= 0.3 is 6.18 Å². The minimum Gasteiger partial charge on any atom is -0.438 e. The number of rotatable bonds is 7. The Morgan fingerprint density at radius 3 is 2.26 bits per heavy atom. The number of aryl methyl sites for hydroxylation is 1. The number of hydrogen-bond acceptors (Lipinski definition) is 4. The van der Waals surface area contributed by atoms with Crippen molar-refractivity contribution in [3.8, 4) is 11.6 Å². The number of alkyl halides is 5. The lowest BCUT2D eigenvalue weighted by Crippen LogP contribution is -2.28. The Labute approximate surface area is 191 Å². The molecule has 0 spiro atoms. The van der Waals surface area contributed by atoms with E-state index in [0.29, 0.717) is 11.1 Å². The van der Waals surface area contributed by atoms with Gasteiger partial charge in [-0.2, -0.15) is 18.3 Å². The number of amides is 1. The Balaban J connectivity index is 1.96. The SMILES string of the molecule is CC(=O)c1ccc([C@H](C)NC(=O)c2c(C(F)(F)F)nn(C)c2Oc2cccc(C(F)F)c2)cc1. The summed E-state index contributed by atoms with van der Waals surface area (Å²) in [5.74, 6) is -2.03. The smallest absolute Gasteiger partial charge is 0.436 e. The molecule has 2 aromatic carbocycles. The fourth-order valence-corrected chi connectivity index (χ4v) is 3.21. The van der Waals surface area contributed by atoms with Gasteiger partial charge < -0.3 is 10.1 Å². The van der Waals surface area contributed by atoms with Crippen molar-refractivity contribution >= 4 is 11.7 Å². The van der Waals surface area contributed by atoms with E-state index in [1.54, 1.807) is 19.1 Å². The maximum Gasteiger partial charge on any atom is 0.436 e. The van der Waals surface area contributed by atoms with Gasteiger partial charge in [0, 0.05) is 18.2 Å². The summed E-state index contributed by atoms with van der Waals surface area (Å²) < 4.78 is 73.1. The molecule has 0 aliphatic carbocycles. The van der Waals surface area contributed by atoms with E-state index < -0.39 is 47.3 Å². The second-order valence-corrected chi connectivity index (χ2v) is 7.50. The van der Waals surface area contributed by atoms with Crippen molar-refractivity contribution in [3.05, 3.63) is 76.5 Å². The van der Waals surface area contributed by atoms with Crippen LogP contribution in [0.15, 0.2) is 48.5 Å². The molecular formula is C23H20F5N3O3. The van der Waals surface area contributed by atoms with E-state index in [0.717, 1.165) is 23.9 Å². The molecule has 1 atom stereocenters. The summed E-state index contributed by atoms with van der Waals surface area (Å²) in [5.41, 5.74) is -1.78. The van der Waals surface area contributed by atoms with Crippen LogP contribution in [0.2, 0.25) is 0 Å². The van der Waals surface area contributed by atoms with Crippen molar-refractivity contribution in [3.63, 3.8) is 0 Å². The van der Waals surface area contributed by atoms with Crippen molar-refractivity contribution in [2.45, 2.75) is 32.5 Å². The first-order chi connectivity index (χ1) is 15.9. The molecule has 34 heavy (non-hydrogen) atoms. The van der Waals surface area contributed by atoms with Crippen molar-refractivity contribution in [1.82, 2.24) is 15.1 Å². The quantitative estimate of drug-likeness (QED) is 0.339. The van der Waals surface area contributed by atoms with Gasteiger partial charge in [-0.05, 0) is 31.5 Å². The van der Waals surface area contributed by atoms with E-state index in [-0.39, 0.29) is 11.5 Å².